The van der Waals surface area contributed by atoms with Crippen molar-refractivity contribution < 1.29 is 4.79 Å². The minimum Gasteiger partial charge on any atom is -0.352 e. The predicted molar refractivity (Wildman–Crippen MR) is 117 cm³/mol. The number of hydrogen-bond donors (Lipinski definition) is 2. The second-order valence-electron chi connectivity index (χ2n) is 7.86. The first-order valence-corrected chi connectivity index (χ1v) is 9.98. The molecule has 1 aromatic rings. The van der Waals surface area contributed by atoms with E-state index < -0.39 is 0 Å². The second-order valence-corrected chi connectivity index (χ2v) is 7.86. The van der Waals surface area contributed by atoms with Crippen LogP contribution in [0.3, 0.4) is 0 Å². The number of likely N-dealkylation sites (tertiary alicyclic amines) is 1. The minimum absolute atomic E-state index is 0. The number of carbonyl (C=O) groups excluding carboxylic acids is 1. The average molecular weight is 416 g/mol. The Bertz CT molecular complexity index is 541. The highest BCUT2D eigenvalue weighted by Gasteiger charge is 2.21. The summed E-state index contributed by atoms with van der Waals surface area (Å²) in [5.74, 6) is 1.28. The third-order valence-corrected chi connectivity index (χ3v) is 5.76. The van der Waals surface area contributed by atoms with Crippen molar-refractivity contribution in [2.75, 3.05) is 26.2 Å². The monoisotopic (exact) mass is 415 g/mol. The van der Waals surface area contributed by atoms with Crippen LogP contribution in [0.2, 0.25) is 0 Å². The summed E-state index contributed by atoms with van der Waals surface area (Å²) in [5.41, 5.74) is 2.56. The first-order valence-electron chi connectivity index (χ1n) is 9.98. The van der Waals surface area contributed by atoms with Gasteiger partial charge in [-0.3, -0.25) is 9.69 Å². The summed E-state index contributed by atoms with van der Waals surface area (Å²) in [4.78, 5) is 14.7. The van der Waals surface area contributed by atoms with Crippen molar-refractivity contribution in [3.63, 3.8) is 0 Å². The first kappa shape index (κ1) is 24.2. The number of piperidine rings is 1. The van der Waals surface area contributed by atoms with Crippen molar-refractivity contribution in [1.82, 2.24) is 15.5 Å². The quantitative estimate of drug-likeness (QED) is 0.711. The van der Waals surface area contributed by atoms with Gasteiger partial charge in [-0.1, -0.05) is 31.2 Å². The molecule has 0 aliphatic carbocycles. The van der Waals surface area contributed by atoms with Gasteiger partial charge in [0.2, 0.25) is 5.91 Å². The number of benzene rings is 1. The van der Waals surface area contributed by atoms with Crippen molar-refractivity contribution in [3.8, 4) is 0 Å². The van der Waals surface area contributed by atoms with Gasteiger partial charge in [0, 0.05) is 19.5 Å². The Kier molecular flexibility index (Phi) is 11.3. The summed E-state index contributed by atoms with van der Waals surface area (Å²) in [5, 5.41) is 6.53. The van der Waals surface area contributed by atoms with Crippen molar-refractivity contribution in [1.29, 1.82) is 0 Å². The lowest BCUT2D eigenvalue weighted by Gasteiger charge is -2.28. The van der Waals surface area contributed by atoms with Gasteiger partial charge in [-0.05, 0) is 74.8 Å². The molecule has 27 heavy (non-hydrogen) atoms. The van der Waals surface area contributed by atoms with Gasteiger partial charge in [-0.15, -0.1) is 24.8 Å². The molecular weight excluding hydrogens is 381 g/mol. The normalized spacial score (nSPS) is 21.0. The van der Waals surface area contributed by atoms with Crippen LogP contribution >= 0.6 is 24.8 Å². The number of halogens is 2. The van der Waals surface area contributed by atoms with Gasteiger partial charge in [0.25, 0.3) is 0 Å². The van der Waals surface area contributed by atoms with Crippen LogP contribution in [-0.4, -0.2) is 37.0 Å². The third-order valence-electron chi connectivity index (χ3n) is 5.76. The number of nitrogens with zero attached hydrogens (tertiary/aromatic N) is 1. The molecule has 0 bridgehead atoms. The number of hydrogen-bond acceptors (Lipinski definition) is 3. The number of rotatable bonds is 7. The SMILES string of the molecule is CC(CC(=O)NCc1ccc(CN2CCCC2)cc1)C1CCCNC1.Cl.Cl. The minimum atomic E-state index is 0. The highest BCUT2D eigenvalue weighted by atomic mass is 35.5. The Morgan fingerprint density at radius 2 is 1.81 bits per heavy atom. The van der Waals surface area contributed by atoms with E-state index in [1.807, 2.05) is 0 Å². The lowest BCUT2D eigenvalue weighted by Crippen LogP contribution is -2.35. The molecule has 2 saturated heterocycles. The highest BCUT2D eigenvalue weighted by Crippen LogP contribution is 2.22. The maximum absolute atomic E-state index is 12.2. The summed E-state index contributed by atoms with van der Waals surface area (Å²) in [6, 6.07) is 8.71. The second kappa shape index (κ2) is 12.6. The molecule has 1 amide bonds. The van der Waals surface area contributed by atoms with E-state index in [0.717, 1.165) is 19.6 Å². The van der Waals surface area contributed by atoms with Crippen LogP contribution < -0.4 is 10.6 Å². The van der Waals surface area contributed by atoms with Crippen LogP contribution in [0.1, 0.15) is 50.2 Å². The summed E-state index contributed by atoms with van der Waals surface area (Å²) < 4.78 is 0. The van der Waals surface area contributed by atoms with Gasteiger partial charge in [0.1, 0.15) is 0 Å². The van der Waals surface area contributed by atoms with Gasteiger partial charge in [-0.2, -0.15) is 0 Å². The molecule has 3 rings (SSSR count). The molecule has 2 aliphatic heterocycles. The number of amides is 1. The molecule has 0 spiro atoms. The summed E-state index contributed by atoms with van der Waals surface area (Å²) in [6.45, 7) is 8.55. The van der Waals surface area contributed by atoms with Crippen LogP contribution in [0.4, 0.5) is 0 Å². The van der Waals surface area contributed by atoms with E-state index in [4.69, 9.17) is 0 Å². The smallest absolute Gasteiger partial charge is 0.220 e. The number of nitrogens with one attached hydrogen (secondary N) is 2. The molecule has 1 aromatic carbocycles. The summed E-state index contributed by atoms with van der Waals surface area (Å²) >= 11 is 0. The molecule has 2 heterocycles. The Morgan fingerprint density at radius 3 is 2.44 bits per heavy atom. The van der Waals surface area contributed by atoms with Gasteiger partial charge < -0.3 is 10.6 Å². The van der Waals surface area contributed by atoms with E-state index in [0.29, 0.717) is 24.8 Å². The molecule has 2 N–H and O–H groups in total. The predicted octanol–water partition coefficient (Wildman–Crippen LogP) is 3.77. The standard InChI is InChI=1S/C21H33N3O.2ClH/c1-17(20-5-4-10-22-15-20)13-21(25)23-14-18-6-8-19(9-7-18)16-24-11-2-3-12-24;;/h6-9,17,20,22H,2-5,10-16H2,1H3,(H,23,25);2*1H. The maximum Gasteiger partial charge on any atom is 0.220 e. The van der Waals surface area contributed by atoms with Crippen LogP contribution in [0, 0.1) is 11.8 Å². The summed E-state index contributed by atoms with van der Waals surface area (Å²) in [6.07, 6.45) is 5.79. The van der Waals surface area contributed by atoms with E-state index in [2.05, 4.69) is 46.7 Å². The zero-order valence-corrected chi connectivity index (χ0v) is 18.0. The zero-order chi connectivity index (χ0) is 17.5. The van der Waals surface area contributed by atoms with Gasteiger partial charge >= 0.3 is 0 Å². The molecule has 2 aliphatic rings. The molecule has 2 atom stereocenters. The fourth-order valence-corrected chi connectivity index (χ4v) is 4.06. The van der Waals surface area contributed by atoms with Crippen LogP contribution in [0.15, 0.2) is 24.3 Å². The lowest BCUT2D eigenvalue weighted by molar-refractivity contribution is -0.122. The zero-order valence-electron chi connectivity index (χ0n) is 16.4. The Labute approximate surface area is 176 Å². The van der Waals surface area contributed by atoms with E-state index >= 15 is 0 Å². The fourth-order valence-electron chi connectivity index (χ4n) is 4.06. The fraction of sp³-hybridized carbons (Fsp3) is 0.667. The molecule has 0 saturated carbocycles. The van der Waals surface area contributed by atoms with Gasteiger partial charge in [0.05, 0.1) is 0 Å². The largest absolute Gasteiger partial charge is 0.352 e. The molecular formula is C21H35Cl2N3O. The first-order chi connectivity index (χ1) is 12.2. The summed E-state index contributed by atoms with van der Waals surface area (Å²) in [7, 11) is 0. The van der Waals surface area contributed by atoms with Crippen molar-refractivity contribution >= 4 is 30.7 Å². The maximum atomic E-state index is 12.2. The van der Waals surface area contributed by atoms with Crippen molar-refractivity contribution in [3.05, 3.63) is 35.4 Å². The number of carbonyl (C=O) groups is 1. The van der Waals surface area contributed by atoms with E-state index in [1.54, 1.807) is 0 Å². The molecule has 4 nitrogen and oxygen atoms in total. The average Bonchev–Trinajstić information content (AvgIpc) is 3.15. The van der Waals surface area contributed by atoms with E-state index in [1.165, 1.54) is 49.9 Å². The Hall–Kier alpha value is -0.810. The van der Waals surface area contributed by atoms with Crippen LogP contribution in [0.25, 0.3) is 0 Å². The van der Waals surface area contributed by atoms with Crippen LogP contribution in [0.5, 0.6) is 0 Å². The third kappa shape index (κ3) is 7.98. The Balaban J connectivity index is 0.00000182. The van der Waals surface area contributed by atoms with Gasteiger partial charge in [0.15, 0.2) is 0 Å². The molecule has 154 valence electrons. The van der Waals surface area contributed by atoms with Crippen molar-refractivity contribution in [2.24, 2.45) is 11.8 Å². The molecule has 0 radical (unpaired) electrons. The highest BCUT2D eigenvalue weighted by molar-refractivity contribution is 5.85. The van der Waals surface area contributed by atoms with E-state index in [9.17, 15) is 4.79 Å². The molecule has 2 unspecified atom stereocenters. The molecule has 0 aromatic heterocycles. The molecule has 6 heteroatoms. The van der Waals surface area contributed by atoms with Gasteiger partial charge in [-0.25, -0.2) is 0 Å². The Morgan fingerprint density at radius 1 is 1.15 bits per heavy atom. The van der Waals surface area contributed by atoms with Crippen molar-refractivity contribution in [2.45, 2.75) is 52.1 Å². The lowest BCUT2D eigenvalue weighted by atomic mass is 9.85. The topological polar surface area (TPSA) is 44.4 Å². The van der Waals surface area contributed by atoms with E-state index in [-0.39, 0.29) is 30.7 Å². The molecule has 2 fully saturated rings. The van der Waals surface area contributed by atoms with Crippen LogP contribution in [-0.2, 0) is 17.9 Å².